The summed E-state index contributed by atoms with van der Waals surface area (Å²) >= 11 is 7.02. The summed E-state index contributed by atoms with van der Waals surface area (Å²) in [5, 5.41) is 4.35. The van der Waals surface area contributed by atoms with E-state index in [-0.39, 0.29) is 27.7 Å². The number of nitrogens with one attached hydrogen (secondary N) is 1. The maximum Gasteiger partial charge on any atom is 0.433 e. The van der Waals surface area contributed by atoms with Gasteiger partial charge in [-0.2, -0.15) is 18.3 Å². The molecule has 0 bridgehead atoms. The SMILES string of the molecule is Cc1cc(-c2cc(C(F)(F)F)n3ncc(C#Cc4ccc(S(=O)(=O)NCCN(C)C)s4)c3n2)ccc1Cl. The maximum atomic E-state index is 13.9. The molecule has 0 aliphatic heterocycles. The second-order valence-electron chi connectivity index (χ2n) is 8.35. The van der Waals surface area contributed by atoms with Crippen LogP contribution in [0.5, 0.6) is 0 Å². The average Bonchev–Trinajstić information content (AvgIpc) is 3.45. The van der Waals surface area contributed by atoms with Crippen molar-refractivity contribution in [2.45, 2.75) is 17.3 Å². The summed E-state index contributed by atoms with van der Waals surface area (Å²) in [6.07, 6.45) is -3.49. The van der Waals surface area contributed by atoms with Crippen molar-refractivity contribution in [3.63, 3.8) is 0 Å². The van der Waals surface area contributed by atoms with Gasteiger partial charge in [-0.05, 0) is 56.9 Å². The Kier molecular flexibility index (Phi) is 7.64. The van der Waals surface area contributed by atoms with Crippen LogP contribution >= 0.6 is 22.9 Å². The second kappa shape index (κ2) is 10.4. The number of nitrogens with zero attached hydrogens (tertiary/aromatic N) is 4. The van der Waals surface area contributed by atoms with Crippen LogP contribution in [-0.4, -0.2) is 55.1 Å². The summed E-state index contributed by atoms with van der Waals surface area (Å²) in [4.78, 5) is 6.68. The van der Waals surface area contributed by atoms with E-state index in [9.17, 15) is 21.6 Å². The number of sulfonamides is 1. The highest BCUT2D eigenvalue weighted by atomic mass is 35.5. The van der Waals surface area contributed by atoms with E-state index < -0.39 is 21.9 Å². The summed E-state index contributed by atoms with van der Waals surface area (Å²) in [5.41, 5.74) is 0.352. The van der Waals surface area contributed by atoms with E-state index in [0.29, 0.717) is 32.1 Å². The lowest BCUT2D eigenvalue weighted by Crippen LogP contribution is -2.30. The molecule has 0 unspecified atom stereocenters. The minimum absolute atomic E-state index is 0.0697. The molecule has 0 atom stereocenters. The molecule has 0 amide bonds. The molecule has 13 heteroatoms. The van der Waals surface area contributed by atoms with Gasteiger partial charge in [-0.1, -0.05) is 29.5 Å². The van der Waals surface area contributed by atoms with Gasteiger partial charge in [0.25, 0.3) is 0 Å². The van der Waals surface area contributed by atoms with Crippen LogP contribution in [0.3, 0.4) is 0 Å². The zero-order valence-corrected chi connectivity index (χ0v) is 22.3. The first kappa shape index (κ1) is 27.1. The van der Waals surface area contributed by atoms with Crippen LogP contribution in [0, 0.1) is 18.8 Å². The molecule has 0 saturated carbocycles. The fourth-order valence-corrected chi connectivity index (χ4v) is 5.68. The molecule has 0 spiro atoms. The van der Waals surface area contributed by atoms with Crippen molar-refractivity contribution in [3.8, 4) is 23.1 Å². The van der Waals surface area contributed by atoms with Crippen LogP contribution in [0.2, 0.25) is 5.02 Å². The third kappa shape index (κ3) is 6.14. The fraction of sp³-hybridized carbons (Fsp3) is 0.250. The Labute approximate surface area is 221 Å². The van der Waals surface area contributed by atoms with Crippen LogP contribution in [0.4, 0.5) is 13.2 Å². The highest BCUT2D eigenvalue weighted by Gasteiger charge is 2.35. The molecule has 0 aliphatic rings. The van der Waals surface area contributed by atoms with Crippen molar-refractivity contribution in [1.29, 1.82) is 0 Å². The predicted octanol–water partition coefficient (Wildman–Crippen LogP) is 4.68. The van der Waals surface area contributed by atoms with Crippen molar-refractivity contribution >= 4 is 38.6 Å². The smallest absolute Gasteiger partial charge is 0.308 e. The Bertz CT molecular complexity index is 1630. The molecule has 37 heavy (non-hydrogen) atoms. The first-order valence-corrected chi connectivity index (χ1v) is 13.5. The van der Waals surface area contributed by atoms with Crippen molar-refractivity contribution < 1.29 is 21.6 Å². The van der Waals surface area contributed by atoms with Crippen molar-refractivity contribution in [1.82, 2.24) is 24.2 Å². The van der Waals surface area contributed by atoms with Crippen molar-refractivity contribution in [2.24, 2.45) is 0 Å². The van der Waals surface area contributed by atoms with Crippen LogP contribution in [0.15, 0.2) is 46.8 Å². The number of hydrogen-bond donors (Lipinski definition) is 1. The Hall–Kier alpha value is -2.95. The molecule has 0 saturated heterocycles. The average molecular weight is 568 g/mol. The number of thiophene rings is 1. The number of hydrogen-bond acceptors (Lipinski definition) is 6. The Balaban J connectivity index is 1.71. The van der Waals surface area contributed by atoms with E-state index >= 15 is 0 Å². The van der Waals surface area contributed by atoms with E-state index in [2.05, 4.69) is 26.6 Å². The number of rotatable bonds is 6. The molecule has 1 N–H and O–H groups in total. The summed E-state index contributed by atoms with van der Waals surface area (Å²) in [6.45, 7) is 2.54. The quantitative estimate of drug-likeness (QED) is 0.342. The fourth-order valence-electron chi connectivity index (χ4n) is 3.34. The predicted molar refractivity (Wildman–Crippen MR) is 137 cm³/mol. The minimum atomic E-state index is -4.69. The van der Waals surface area contributed by atoms with E-state index in [4.69, 9.17) is 11.6 Å². The lowest BCUT2D eigenvalue weighted by Gasteiger charge is -2.11. The van der Waals surface area contributed by atoms with Gasteiger partial charge in [-0.15, -0.1) is 11.3 Å². The van der Waals surface area contributed by atoms with E-state index in [1.807, 2.05) is 19.0 Å². The van der Waals surface area contributed by atoms with Gasteiger partial charge in [0, 0.05) is 23.7 Å². The standard InChI is InChI=1S/C24H21ClF3N5O2S2/c1-15-12-16(5-8-19(15)25)20-13-21(24(26,27)28)33-23(31-20)17(14-29-33)4-6-18-7-9-22(36-18)37(34,35)30-10-11-32(2)3/h5,7-9,12-14,30H,10-11H2,1-3H3. The first-order valence-electron chi connectivity index (χ1n) is 10.8. The molecular formula is C24H21ClF3N5O2S2. The Morgan fingerprint density at radius 2 is 1.92 bits per heavy atom. The van der Waals surface area contributed by atoms with Gasteiger partial charge in [0.15, 0.2) is 11.3 Å². The number of aromatic nitrogens is 3. The molecule has 7 nitrogen and oxygen atoms in total. The normalized spacial score (nSPS) is 12.2. The van der Waals surface area contributed by atoms with Gasteiger partial charge in [-0.3, -0.25) is 0 Å². The molecule has 4 aromatic rings. The molecule has 1 aromatic carbocycles. The molecule has 0 fully saturated rings. The second-order valence-corrected chi connectivity index (χ2v) is 11.8. The number of halogens is 4. The number of alkyl halides is 3. The molecule has 0 radical (unpaired) electrons. The van der Waals surface area contributed by atoms with Crippen molar-refractivity contribution in [2.75, 3.05) is 27.2 Å². The van der Waals surface area contributed by atoms with E-state index in [1.54, 1.807) is 31.2 Å². The Morgan fingerprint density at radius 3 is 2.59 bits per heavy atom. The summed E-state index contributed by atoms with van der Waals surface area (Å²) in [7, 11) is -0.0302. The van der Waals surface area contributed by atoms with E-state index in [1.165, 1.54) is 12.3 Å². The molecular weight excluding hydrogens is 547 g/mol. The Morgan fingerprint density at radius 1 is 1.16 bits per heavy atom. The first-order chi connectivity index (χ1) is 17.3. The number of fused-ring (bicyclic) bond motifs is 1. The largest absolute Gasteiger partial charge is 0.433 e. The summed E-state index contributed by atoms with van der Waals surface area (Å²) in [6, 6.07) is 8.75. The monoisotopic (exact) mass is 567 g/mol. The van der Waals surface area contributed by atoms with Crippen LogP contribution in [0.25, 0.3) is 16.9 Å². The number of aryl methyl sites for hydroxylation is 1. The van der Waals surface area contributed by atoms with Crippen LogP contribution in [-0.2, 0) is 16.2 Å². The lowest BCUT2D eigenvalue weighted by molar-refractivity contribution is -0.142. The van der Waals surface area contributed by atoms with Gasteiger partial charge in [0.1, 0.15) is 4.21 Å². The topological polar surface area (TPSA) is 79.6 Å². The summed E-state index contributed by atoms with van der Waals surface area (Å²) < 4.78 is 69.8. The van der Waals surface area contributed by atoms with Gasteiger partial charge in [-0.25, -0.2) is 22.6 Å². The molecule has 4 rings (SSSR count). The van der Waals surface area contributed by atoms with Crippen LogP contribution in [0.1, 0.15) is 21.7 Å². The molecule has 0 aliphatic carbocycles. The minimum Gasteiger partial charge on any atom is -0.308 e. The third-order valence-electron chi connectivity index (χ3n) is 5.23. The van der Waals surface area contributed by atoms with Crippen molar-refractivity contribution in [3.05, 3.63) is 69.3 Å². The highest BCUT2D eigenvalue weighted by Crippen LogP contribution is 2.33. The molecule has 194 valence electrons. The van der Waals surface area contributed by atoms with Gasteiger partial charge in [0.05, 0.1) is 22.3 Å². The number of likely N-dealkylation sites (N-methyl/N-ethyl adjacent to an activating group) is 1. The lowest BCUT2D eigenvalue weighted by atomic mass is 10.1. The zero-order chi connectivity index (χ0) is 27.0. The van der Waals surface area contributed by atoms with Gasteiger partial charge < -0.3 is 4.90 Å². The number of benzene rings is 1. The van der Waals surface area contributed by atoms with E-state index in [0.717, 1.165) is 17.4 Å². The molecule has 3 aromatic heterocycles. The zero-order valence-electron chi connectivity index (χ0n) is 19.9. The third-order valence-corrected chi connectivity index (χ3v) is 8.61. The van der Waals surface area contributed by atoms with Gasteiger partial charge >= 0.3 is 6.18 Å². The highest BCUT2D eigenvalue weighted by molar-refractivity contribution is 7.91. The summed E-state index contributed by atoms with van der Waals surface area (Å²) in [5.74, 6) is 5.60. The van der Waals surface area contributed by atoms with Gasteiger partial charge in [0.2, 0.25) is 10.0 Å². The molecule has 3 heterocycles. The maximum absolute atomic E-state index is 13.9. The van der Waals surface area contributed by atoms with Crippen LogP contribution < -0.4 is 4.72 Å².